The molecule has 0 saturated heterocycles. The number of hydrogen-bond acceptors (Lipinski definition) is 7. The average molecular weight is 382 g/mol. The van der Waals surface area contributed by atoms with Gasteiger partial charge in [0.1, 0.15) is 12.1 Å². The molecule has 5 rings (SSSR count). The van der Waals surface area contributed by atoms with Crippen LogP contribution in [0.25, 0.3) is 22.4 Å². The fourth-order valence-corrected chi connectivity index (χ4v) is 3.65. The molecule has 9 heteroatoms. The molecule has 1 saturated carbocycles. The highest BCUT2D eigenvalue weighted by Crippen LogP contribution is 2.36. The van der Waals surface area contributed by atoms with Crippen LogP contribution in [0.5, 0.6) is 0 Å². The molecule has 1 aliphatic carbocycles. The summed E-state index contributed by atoms with van der Waals surface area (Å²) in [6, 6.07) is 7.71. The molecule has 2 N–H and O–H groups in total. The van der Waals surface area contributed by atoms with Crippen molar-refractivity contribution in [2.24, 2.45) is 0 Å². The molecular formula is C18H16ClN7O. The Labute approximate surface area is 159 Å². The summed E-state index contributed by atoms with van der Waals surface area (Å²) in [4.78, 5) is 13.1. The molecule has 0 unspecified atom stereocenters. The monoisotopic (exact) mass is 381 g/mol. The number of nitrogens with one attached hydrogen (secondary N) is 2. The van der Waals surface area contributed by atoms with E-state index in [1.54, 1.807) is 6.20 Å². The minimum atomic E-state index is 0.234. The fourth-order valence-electron chi connectivity index (χ4n) is 3.53. The van der Waals surface area contributed by atoms with Crippen molar-refractivity contribution in [3.8, 4) is 11.4 Å². The standard InChI is InChI=1S/C18H16ClN7O/c19-12-4-1-10(2-5-12)15-24-18(27-26-15)11-3-6-13(7-11)23-16-14-8-22-25-17(14)21-9-20-16/h1-2,4-5,8-9,11,13H,3,6-7H2,(H2,20,21,22,23,25)/t11-,13-/m0/s1. The number of anilines is 1. The Hall–Kier alpha value is -3.00. The van der Waals surface area contributed by atoms with Gasteiger partial charge < -0.3 is 9.84 Å². The van der Waals surface area contributed by atoms with Crippen LogP contribution in [0, 0.1) is 0 Å². The van der Waals surface area contributed by atoms with Gasteiger partial charge in [-0.2, -0.15) is 10.1 Å². The lowest BCUT2D eigenvalue weighted by Crippen LogP contribution is -2.16. The maximum atomic E-state index is 5.93. The van der Waals surface area contributed by atoms with Crippen molar-refractivity contribution in [1.82, 2.24) is 30.3 Å². The van der Waals surface area contributed by atoms with Crippen LogP contribution in [-0.4, -0.2) is 36.3 Å². The van der Waals surface area contributed by atoms with Gasteiger partial charge in [-0.05, 0) is 43.5 Å². The van der Waals surface area contributed by atoms with E-state index in [2.05, 4.69) is 35.6 Å². The Morgan fingerprint density at radius 1 is 1.15 bits per heavy atom. The molecule has 1 aliphatic rings. The molecule has 0 bridgehead atoms. The number of fused-ring (bicyclic) bond motifs is 1. The Kier molecular flexibility index (Phi) is 3.97. The van der Waals surface area contributed by atoms with Crippen LogP contribution in [0.15, 0.2) is 41.3 Å². The predicted molar refractivity (Wildman–Crippen MR) is 100 cm³/mol. The van der Waals surface area contributed by atoms with E-state index in [0.29, 0.717) is 16.7 Å². The lowest BCUT2D eigenvalue weighted by molar-refractivity contribution is 0.354. The van der Waals surface area contributed by atoms with Crippen LogP contribution in [0.3, 0.4) is 0 Å². The molecule has 3 heterocycles. The average Bonchev–Trinajstić information content (AvgIpc) is 3.43. The van der Waals surface area contributed by atoms with E-state index in [4.69, 9.17) is 16.1 Å². The summed E-state index contributed by atoms with van der Waals surface area (Å²) in [6.45, 7) is 0. The molecule has 0 spiro atoms. The van der Waals surface area contributed by atoms with Crippen LogP contribution in [0.4, 0.5) is 5.82 Å². The third kappa shape index (κ3) is 3.12. The summed E-state index contributed by atoms with van der Waals surface area (Å²) in [6.07, 6.45) is 6.17. The summed E-state index contributed by atoms with van der Waals surface area (Å²) in [5, 5.41) is 16.1. The number of hydrogen-bond donors (Lipinski definition) is 2. The van der Waals surface area contributed by atoms with E-state index in [1.165, 1.54) is 6.33 Å². The first-order chi connectivity index (χ1) is 13.3. The van der Waals surface area contributed by atoms with Crippen molar-refractivity contribution in [1.29, 1.82) is 0 Å². The first kappa shape index (κ1) is 16.2. The van der Waals surface area contributed by atoms with Crippen molar-refractivity contribution < 1.29 is 4.52 Å². The summed E-state index contributed by atoms with van der Waals surface area (Å²) in [5.74, 6) is 2.30. The van der Waals surface area contributed by atoms with E-state index in [9.17, 15) is 0 Å². The highest BCUT2D eigenvalue weighted by atomic mass is 35.5. The van der Waals surface area contributed by atoms with E-state index in [1.807, 2.05) is 24.3 Å². The Balaban J connectivity index is 1.30. The van der Waals surface area contributed by atoms with E-state index >= 15 is 0 Å². The quantitative estimate of drug-likeness (QED) is 0.553. The second-order valence-electron chi connectivity index (χ2n) is 6.67. The number of rotatable bonds is 4. The molecule has 4 aromatic rings. The van der Waals surface area contributed by atoms with Crippen LogP contribution < -0.4 is 5.32 Å². The third-order valence-electron chi connectivity index (χ3n) is 4.91. The second kappa shape index (κ2) is 6.62. The Morgan fingerprint density at radius 2 is 2.04 bits per heavy atom. The number of nitrogens with zero attached hydrogens (tertiary/aromatic N) is 5. The van der Waals surface area contributed by atoms with Crippen molar-refractivity contribution in [3.63, 3.8) is 0 Å². The van der Waals surface area contributed by atoms with Gasteiger partial charge in [0.15, 0.2) is 5.65 Å². The zero-order valence-corrected chi connectivity index (χ0v) is 15.0. The molecule has 1 aromatic carbocycles. The van der Waals surface area contributed by atoms with Gasteiger partial charge in [-0.15, -0.1) is 0 Å². The molecule has 8 nitrogen and oxygen atoms in total. The van der Waals surface area contributed by atoms with Crippen LogP contribution in [0.2, 0.25) is 5.02 Å². The SMILES string of the molecule is Clc1ccc(-c2noc([C@H]3CC[C@H](Nc4ncnc5[nH]ncc45)C3)n2)cc1. The summed E-state index contributed by atoms with van der Waals surface area (Å²) < 4.78 is 5.53. The van der Waals surface area contributed by atoms with Gasteiger partial charge >= 0.3 is 0 Å². The van der Waals surface area contributed by atoms with E-state index in [-0.39, 0.29) is 12.0 Å². The molecule has 136 valence electrons. The number of aromatic amines is 1. The minimum Gasteiger partial charge on any atom is -0.367 e. The molecular weight excluding hydrogens is 366 g/mol. The molecule has 27 heavy (non-hydrogen) atoms. The first-order valence-electron chi connectivity index (χ1n) is 8.76. The Bertz CT molecular complexity index is 1070. The van der Waals surface area contributed by atoms with Crippen LogP contribution in [-0.2, 0) is 0 Å². The predicted octanol–water partition coefficient (Wildman–Crippen LogP) is 3.80. The van der Waals surface area contributed by atoms with Crippen molar-refractivity contribution >= 4 is 28.5 Å². The van der Waals surface area contributed by atoms with E-state index < -0.39 is 0 Å². The lowest BCUT2D eigenvalue weighted by atomic mass is 10.1. The zero-order chi connectivity index (χ0) is 18.2. The maximum absolute atomic E-state index is 5.93. The summed E-state index contributed by atoms with van der Waals surface area (Å²) in [7, 11) is 0. The molecule has 2 atom stereocenters. The third-order valence-corrected chi connectivity index (χ3v) is 5.17. The largest absolute Gasteiger partial charge is 0.367 e. The molecule has 3 aromatic heterocycles. The van der Waals surface area contributed by atoms with Gasteiger partial charge in [-0.3, -0.25) is 5.10 Å². The smallest absolute Gasteiger partial charge is 0.230 e. The lowest BCUT2D eigenvalue weighted by Gasteiger charge is -2.13. The molecule has 1 fully saturated rings. The second-order valence-corrected chi connectivity index (χ2v) is 7.11. The van der Waals surface area contributed by atoms with Gasteiger partial charge in [0.25, 0.3) is 0 Å². The number of halogens is 1. The number of benzene rings is 1. The first-order valence-corrected chi connectivity index (χ1v) is 9.14. The minimum absolute atomic E-state index is 0.234. The molecule has 0 aliphatic heterocycles. The molecule has 0 amide bonds. The van der Waals surface area contributed by atoms with Gasteiger partial charge in [0.05, 0.1) is 11.6 Å². The van der Waals surface area contributed by atoms with Crippen molar-refractivity contribution in [2.75, 3.05) is 5.32 Å². The van der Waals surface area contributed by atoms with Crippen molar-refractivity contribution in [2.45, 2.75) is 31.2 Å². The van der Waals surface area contributed by atoms with Crippen LogP contribution >= 0.6 is 11.6 Å². The number of H-pyrrole nitrogens is 1. The van der Waals surface area contributed by atoms with Gasteiger partial charge in [-0.25, -0.2) is 9.97 Å². The number of aromatic nitrogens is 6. The van der Waals surface area contributed by atoms with Gasteiger partial charge in [0, 0.05) is 22.5 Å². The molecule has 0 radical (unpaired) electrons. The van der Waals surface area contributed by atoms with Crippen LogP contribution in [0.1, 0.15) is 31.1 Å². The maximum Gasteiger partial charge on any atom is 0.230 e. The normalized spacial score (nSPS) is 19.6. The highest BCUT2D eigenvalue weighted by Gasteiger charge is 2.30. The summed E-state index contributed by atoms with van der Waals surface area (Å²) in [5.41, 5.74) is 1.62. The van der Waals surface area contributed by atoms with Crippen molar-refractivity contribution in [3.05, 3.63) is 47.7 Å². The van der Waals surface area contributed by atoms with Gasteiger partial charge in [-0.1, -0.05) is 16.8 Å². The van der Waals surface area contributed by atoms with E-state index in [0.717, 1.165) is 41.7 Å². The summed E-state index contributed by atoms with van der Waals surface area (Å²) >= 11 is 5.93. The van der Waals surface area contributed by atoms with Gasteiger partial charge in [0.2, 0.25) is 11.7 Å². The zero-order valence-electron chi connectivity index (χ0n) is 14.3. The Morgan fingerprint density at radius 3 is 2.93 bits per heavy atom. The fraction of sp³-hybridized carbons (Fsp3) is 0.278. The highest BCUT2D eigenvalue weighted by molar-refractivity contribution is 6.30. The topological polar surface area (TPSA) is 105 Å².